The minimum Gasteiger partial charge on any atom is -0.495 e. The first-order valence-electron chi connectivity index (χ1n) is 13.3. The van der Waals surface area contributed by atoms with Gasteiger partial charge in [0.15, 0.2) is 11.5 Å². The van der Waals surface area contributed by atoms with Crippen molar-refractivity contribution in [2.24, 2.45) is 0 Å². The number of aromatic carboxylic acids is 1. The van der Waals surface area contributed by atoms with E-state index in [9.17, 15) is 19.5 Å². The van der Waals surface area contributed by atoms with Crippen LogP contribution in [-0.4, -0.2) is 61.3 Å². The van der Waals surface area contributed by atoms with Crippen LogP contribution in [0.2, 0.25) is 0 Å². The third-order valence-electron chi connectivity index (χ3n) is 6.47. The Kier molecular flexibility index (Phi) is 11.0. The van der Waals surface area contributed by atoms with E-state index in [-0.39, 0.29) is 30.5 Å². The largest absolute Gasteiger partial charge is 0.495 e. The fourth-order valence-electron chi connectivity index (χ4n) is 4.27. The van der Waals surface area contributed by atoms with Crippen LogP contribution in [0.4, 0.5) is 16.2 Å². The van der Waals surface area contributed by atoms with E-state index in [0.717, 1.165) is 17.5 Å². The van der Waals surface area contributed by atoms with E-state index in [4.69, 9.17) is 14.2 Å². The standard InChI is InChI=1S/C31H37N3O7/c1-6-15-34(21(3)19-41-26-14-12-23(30(36)37)18-28(26)40-5)29(35)17-22-11-13-25(27(16-22)39-4)33-31(38)32-24-10-8-7-9-20(24)2/h7-14,16,18,21H,6,15,17,19H2,1-5H3,(H,36,37)(H2,32,33,38)/t21-/m1/s1. The first kappa shape index (κ1) is 30.8. The maximum atomic E-state index is 13.4. The van der Waals surface area contributed by atoms with Crippen LogP contribution in [0, 0.1) is 6.92 Å². The van der Waals surface area contributed by atoms with Gasteiger partial charge in [-0.25, -0.2) is 9.59 Å². The second-order valence-corrected chi connectivity index (χ2v) is 9.52. The number of para-hydroxylation sites is 1. The monoisotopic (exact) mass is 563 g/mol. The molecule has 0 fully saturated rings. The van der Waals surface area contributed by atoms with Crippen molar-refractivity contribution in [3.05, 3.63) is 77.4 Å². The predicted molar refractivity (Wildman–Crippen MR) is 157 cm³/mol. The molecule has 0 saturated heterocycles. The summed E-state index contributed by atoms with van der Waals surface area (Å²) in [6.07, 6.45) is 0.891. The molecule has 3 rings (SSSR count). The van der Waals surface area contributed by atoms with Crippen molar-refractivity contribution in [3.8, 4) is 17.2 Å². The van der Waals surface area contributed by atoms with Crippen LogP contribution in [0.5, 0.6) is 17.2 Å². The number of nitrogens with one attached hydrogen (secondary N) is 2. The number of methoxy groups -OCH3 is 2. The molecule has 0 unspecified atom stereocenters. The Balaban J connectivity index is 1.66. The zero-order valence-corrected chi connectivity index (χ0v) is 24.0. The Bertz CT molecular complexity index is 1380. The molecule has 0 saturated carbocycles. The van der Waals surface area contributed by atoms with E-state index in [1.165, 1.54) is 26.4 Å². The third kappa shape index (κ3) is 8.38. The van der Waals surface area contributed by atoms with Crippen LogP contribution in [0.3, 0.4) is 0 Å². The number of carbonyl (C=O) groups excluding carboxylic acids is 2. The molecule has 0 aliphatic heterocycles. The molecule has 0 radical (unpaired) electrons. The van der Waals surface area contributed by atoms with E-state index < -0.39 is 12.0 Å². The van der Waals surface area contributed by atoms with Crippen LogP contribution >= 0.6 is 0 Å². The van der Waals surface area contributed by atoms with E-state index in [1.54, 1.807) is 29.2 Å². The number of carboxylic acid groups (broad SMARTS) is 1. The molecule has 0 heterocycles. The molecule has 3 N–H and O–H groups in total. The summed E-state index contributed by atoms with van der Waals surface area (Å²) in [5, 5.41) is 14.8. The van der Waals surface area contributed by atoms with Gasteiger partial charge in [-0.2, -0.15) is 0 Å². The van der Waals surface area contributed by atoms with Gasteiger partial charge < -0.3 is 34.9 Å². The Morgan fingerprint density at radius 1 is 0.902 bits per heavy atom. The van der Waals surface area contributed by atoms with Crippen LogP contribution in [0.25, 0.3) is 0 Å². The number of urea groups is 1. The highest BCUT2D eigenvalue weighted by Crippen LogP contribution is 2.29. The molecule has 10 heteroatoms. The van der Waals surface area contributed by atoms with Gasteiger partial charge >= 0.3 is 12.0 Å². The molecule has 41 heavy (non-hydrogen) atoms. The number of benzene rings is 3. The molecule has 218 valence electrons. The second kappa shape index (κ2) is 14.6. The van der Waals surface area contributed by atoms with Crippen molar-refractivity contribution in [1.82, 2.24) is 4.90 Å². The van der Waals surface area contributed by atoms with E-state index in [1.807, 2.05) is 45.0 Å². The lowest BCUT2D eigenvalue weighted by Gasteiger charge is -2.29. The Hall–Kier alpha value is -4.73. The number of carboxylic acids is 1. The molecule has 3 aromatic carbocycles. The summed E-state index contributed by atoms with van der Waals surface area (Å²) in [4.78, 5) is 38.9. The molecular weight excluding hydrogens is 526 g/mol. The summed E-state index contributed by atoms with van der Waals surface area (Å²) in [5.74, 6) is -0.0120. The van der Waals surface area contributed by atoms with Gasteiger partial charge in [0, 0.05) is 12.2 Å². The summed E-state index contributed by atoms with van der Waals surface area (Å²) in [5.41, 5.74) is 2.95. The summed E-state index contributed by atoms with van der Waals surface area (Å²) in [7, 11) is 2.95. The Morgan fingerprint density at radius 3 is 2.27 bits per heavy atom. The average Bonchev–Trinajstić information content (AvgIpc) is 2.96. The third-order valence-corrected chi connectivity index (χ3v) is 6.47. The minimum absolute atomic E-state index is 0.0869. The Morgan fingerprint density at radius 2 is 1.61 bits per heavy atom. The maximum Gasteiger partial charge on any atom is 0.335 e. The van der Waals surface area contributed by atoms with Gasteiger partial charge in [-0.05, 0) is 67.8 Å². The smallest absolute Gasteiger partial charge is 0.335 e. The van der Waals surface area contributed by atoms with Gasteiger partial charge in [-0.1, -0.05) is 31.2 Å². The number of aryl methyl sites for hydroxylation is 1. The van der Waals surface area contributed by atoms with Crippen LogP contribution in [-0.2, 0) is 11.2 Å². The number of nitrogens with zero attached hydrogens (tertiary/aromatic N) is 1. The van der Waals surface area contributed by atoms with Gasteiger partial charge in [0.25, 0.3) is 0 Å². The van der Waals surface area contributed by atoms with Crippen molar-refractivity contribution in [3.63, 3.8) is 0 Å². The summed E-state index contributed by atoms with van der Waals surface area (Å²) < 4.78 is 16.7. The normalized spacial score (nSPS) is 11.2. The number of hydrogen-bond donors (Lipinski definition) is 3. The molecule has 3 aromatic rings. The molecule has 3 amide bonds. The van der Waals surface area contributed by atoms with Crippen molar-refractivity contribution in [2.75, 3.05) is 38.0 Å². The van der Waals surface area contributed by atoms with Gasteiger partial charge in [0.05, 0.1) is 37.9 Å². The average molecular weight is 564 g/mol. The van der Waals surface area contributed by atoms with Crippen LogP contribution in [0.1, 0.15) is 41.8 Å². The molecular formula is C31H37N3O7. The van der Waals surface area contributed by atoms with E-state index in [2.05, 4.69) is 10.6 Å². The van der Waals surface area contributed by atoms with Crippen molar-refractivity contribution < 1.29 is 33.7 Å². The molecule has 0 spiro atoms. The number of amides is 3. The van der Waals surface area contributed by atoms with E-state index in [0.29, 0.717) is 35.2 Å². The van der Waals surface area contributed by atoms with Gasteiger partial charge in [-0.3, -0.25) is 4.79 Å². The van der Waals surface area contributed by atoms with Crippen LogP contribution in [0.15, 0.2) is 60.7 Å². The fraction of sp³-hybridized carbons (Fsp3) is 0.323. The summed E-state index contributed by atoms with van der Waals surface area (Å²) >= 11 is 0. The quantitative estimate of drug-likeness (QED) is 0.247. The minimum atomic E-state index is -1.06. The molecule has 0 bridgehead atoms. The molecule has 0 aliphatic rings. The number of ether oxygens (including phenoxy) is 3. The molecule has 0 aromatic heterocycles. The first-order chi connectivity index (χ1) is 19.7. The second-order valence-electron chi connectivity index (χ2n) is 9.52. The number of hydrogen-bond acceptors (Lipinski definition) is 6. The molecule has 0 aliphatic carbocycles. The van der Waals surface area contributed by atoms with E-state index >= 15 is 0 Å². The zero-order chi connectivity index (χ0) is 29.9. The predicted octanol–water partition coefficient (Wildman–Crippen LogP) is 5.60. The highest BCUT2D eigenvalue weighted by atomic mass is 16.5. The zero-order valence-electron chi connectivity index (χ0n) is 24.0. The van der Waals surface area contributed by atoms with Gasteiger partial charge in [0.1, 0.15) is 12.4 Å². The Labute approximate surface area is 240 Å². The lowest BCUT2D eigenvalue weighted by molar-refractivity contribution is -0.133. The highest BCUT2D eigenvalue weighted by molar-refractivity contribution is 6.01. The number of carbonyl (C=O) groups is 3. The molecule has 10 nitrogen and oxygen atoms in total. The lowest BCUT2D eigenvalue weighted by atomic mass is 10.1. The number of rotatable bonds is 13. The fourth-order valence-corrected chi connectivity index (χ4v) is 4.27. The maximum absolute atomic E-state index is 13.4. The topological polar surface area (TPSA) is 126 Å². The van der Waals surface area contributed by atoms with Gasteiger partial charge in [-0.15, -0.1) is 0 Å². The molecule has 1 atom stereocenters. The SMILES string of the molecule is CCCN(C(=O)Cc1ccc(NC(=O)Nc2ccccc2C)c(OC)c1)[C@H](C)COc1ccc(C(=O)O)cc1OC. The van der Waals surface area contributed by atoms with Crippen molar-refractivity contribution >= 4 is 29.3 Å². The summed E-state index contributed by atoms with van der Waals surface area (Å²) in [6, 6.07) is 16.4. The van der Waals surface area contributed by atoms with Crippen LogP contribution < -0.4 is 24.8 Å². The van der Waals surface area contributed by atoms with Crippen molar-refractivity contribution in [1.29, 1.82) is 0 Å². The first-order valence-corrected chi connectivity index (χ1v) is 13.3. The lowest BCUT2D eigenvalue weighted by Crippen LogP contribution is -2.43. The number of anilines is 2. The summed E-state index contributed by atoms with van der Waals surface area (Å²) in [6.45, 7) is 6.52. The van der Waals surface area contributed by atoms with Crippen molar-refractivity contribution in [2.45, 2.75) is 39.7 Å². The highest BCUT2D eigenvalue weighted by Gasteiger charge is 2.22. The van der Waals surface area contributed by atoms with Gasteiger partial charge in [0.2, 0.25) is 5.91 Å².